The lowest BCUT2D eigenvalue weighted by Gasteiger charge is -2.62. The number of rotatable bonds is 0. The van der Waals surface area contributed by atoms with Crippen LogP contribution >= 0.6 is 0 Å². The fraction of sp³-hybridized carbons (Fsp3) is 1.00. The van der Waals surface area contributed by atoms with E-state index in [1.165, 1.54) is 0 Å². The zero-order valence-electron chi connectivity index (χ0n) is 8.22. The molecule has 0 amide bonds. The van der Waals surface area contributed by atoms with Crippen molar-refractivity contribution in [2.24, 2.45) is 0 Å². The minimum Gasteiger partial charge on any atom is -0.244 e. The zero-order chi connectivity index (χ0) is 10.2. The molecule has 1 radical (unpaired) electrons. The lowest BCUT2D eigenvalue weighted by Crippen LogP contribution is -2.71. The van der Waals surface area contributed by atoms with E-state index in [-0.39, 0.29) is 32.1 Å². The third kappa shape index (κ3) is 0.959. The van der Waals surface area contributed by atoms with Gasteiger partial charge in [-0.15, -0.1) is 10.3 Å². The minimum atomic E-state index is -1.41. The molecule has 4 heteroatoms. The van der Waals surface area contributed by atoms with Gasteiger partial charge in [-0.25, -0.2) is 8.78 Å². The minimum absolute atomic E-state index is 0.0138. The average molecular weight is 202 g/mol. The molecule has 0 aromatic rings. The van der Waals surface area contributed by atoms with Gasteiger partial charge in [0.15, 0.2) is 0 Å². The van der Waals surface area contributed by atoms with Crippen LogP contribution in [0.1, 0.15) is 39.0 Å². The van der Waals surface area contributed by atoms with Gasteiger partial charge in [0.05, 0.1) is 5.54 Å². The monoisotopic (exact) mass is 202 g/mol. The first-order valence-corrected chi connectivity index (χ1v) is 5.19. The molecule has 4 atom stereocenters. The number of hydrogen-bond donors (Lipinski definition) is 0. The van der Waals surface area contributed by atoms with Crippen molar-refractivity contribution in [2.75, 3.05) is 0 Å². The molecular weight excluding hydrogens is 188 g/mol. The molecule has 0 aromatic heterocycles. The first kappa shape index (κ1) is 9.04. The van der Waals surface area contributed by atoms with E-state index in [1.807, 2.05) is 0 Å². The smallest absolute Gasteiger partial charge is 0.117 e. The predicted octanol–water partition coefficient (Wildman–Crippen LogP) is 2.17. The Hall–Kier alpha value is -0.220. The summed E-state index contributed by atoms with van der Waals surface area (Å²) in [5, 5.41) is 12.7. The quantitative estimate of drug-likeness (QED) is 0.590. The van der Waals surface area contributed by atoms with E-state index in [9.17, 15) is 14.0 Å². The van der Waals surface area contributed by atoms with Crippen LogP contribution < -0.4 is 0 Å². The van der Waals surface area contributed by atoms with E-state index in [0.717, 1.165) is 5.06 Å². The Labute approximate surface area is 81.8 Å². The summed E-state index contributed by atoms with van der Waals surface area (Å²) in [7, 11) is 0. The molecule has 2 unspecified atom stereocenters. The van der Waals surface area contributed by atoms with Gasteiger partial charge in [-0.05, 0) is 19.8 Å². The van der Waals surface area contributed by atoms with Crippen molar-refractivity contribution in [2.45, 2.75) is 61.9 Å². The summed E-state index contributed by atoms with van der Waals surface area (Å²) in [6.07, 6.45) is 0.910. The summed E-state index contributed by atoms with van der Waals surface area (Å²) in [5.41, 5.74) is -3.61. The Morgan fingerprint density at radius 2 is 1.64 bits per heavy atom. The molecule has 2 aliphatic carbocycles. The molecule has 79 valence electrons. The second-order valence-electron chi connectivity index (χ2n) is 5.72. The maximum absolute atomic E-state index is 14.1. The van der Waals surface area contributed by atoms with Gasteiger partial charge >= 0.3 is 0 Å². The van der Waals surface area contributed by atoms with Crippen molar-refractivity contribution in [1.82, 2.24) is 5.06 Å². The van der Waals surface area contributed by atoms with Crippen LogP contribution in [0.25, 0.3) is 0 Å². The average Bonchev–Trinajstić information content (AvgIpc) is 1.94. The SMILES string of the molecule is CC12C[C@]3(F)CC(C[C@](F)(C1)C3)N2[O]. The molecule has 4 bridgehead atoms. The van der Waals surface area contributed by atoms with Crippen LogP contribution in [0.4, 0.5) is 8.78 Å². The third-order valence-electron chi connectivity index (χ3n) is 4.10. The fourth-order valence-electron chi connectivity index (χ4n) is 4.09. The molecule has 4 aliphatic rings. The molecule has 2 aliphatic heterocycles. The molecule has 0 N–H and O–H groups in total. The molecule has 0 spiro atoms. The molecule has 2 nitrogen and oxygen atoms in total. The number of hydroxylamine groups is 2. The van der Waals surface area contributed by atoms with E-state index in [1.54, 1.807) is 6.92 Å². The van der Waals surface area contributed by atoms with Crippen LogP contribution in [-0.2, 0) is 5.21 Å². The Kier molecular flexibility index (Phi) is 1.38. The topological polar surface area (TPSA) is 23.1 Å². The van der Waals surface area contributed by atoms with Crippen molar-refractivity contribution >= 4 is 0 Å². The first-order chi connectivity index (χ1) is 6.34. The Morgan fingerprint density at radius 1 is 1.14 bits per heavy atom. The lowest BCUT2D eigenvalue weighted by molar-refractivity contribution is -0.337. The number of halogens is 2. The molecule has 14 heavy (non-hydrogen) atoms. The number of alkyl halides is 2. The predicted molar refractivity (Wildman–Crippen MR) is 45.5 cm³/mol. The lowest BCUT2D eigenvalue weighted by atomic mass is 9.56. The normalized spacial score (nSPS) is 62.1. The van der Waals surface area contributed by atoms with Gasteiger partial charge in [0.25, 0.3) is 0 Å². The molecule has 2 saturated heterocycles. The van der Waals surface area contributed by atoms with Crippen molar-refractivity contribution in [3.63, 3.8) is 0 Å². The molecule has 4 fully saturated rings. The molecule has 2 saturated carbocycles. The summed E-state index contributed by atoms with van der Waals surface area (Å²) in [6, 6.07) is -0.425. The van der Waals surface area contributed by atoms with Crippen LogP contribution in [0.3, 0.4) is 0 Å². The molecule has 0 aromatic carbocycles. The van der Waals surface area contributed by atoms with Crippen molar-refractivity contribution in [1.29, 1.82) is 0 Å². The van der Waals surface area contributed by atoms with Crippen LogP contribution in [0.15, 0.2) is 0 Å². The van der Waals surface area contributed by atoms with Gasteiger partial charge in [0.2, 0.25) is 0 Å². The highest BCUT2D eigenvalue weighted by Crippen LogP contribution is 2.60. The van der Waals surface area contributed by atoms with Gasteiger partial charge in [0, 0.05) is 25.3 Å². The largest absolute Gasteiger partial charge is 0.244 e. The van der Waals surface area contributed by atoms with Crippen LogP contribution in [0, 0.1) is 0 Å². The summed E-state index contributed by atoms with van der Waals surface area (Å²) < 4.78 is 28.3. The third-order valence-corrected chi connectivity index (χ3v) is 4.10. The van der Waals surface area contributed by atoms with Gasteiger partial charge in [-0.2, -0.15) is 0 Å². The highest BCUT2D eigenvalue weighted by atomic mass is 19.2. The van der Waals surface area contributed by atoms with Crippen molar-refractivity contribution < 1.29 is 14.0 Å². The van der Waals surface area contributed by atoms with E-state index < -0.39 is 22.9 Å². The second kappa shape index (κ2) is 2.14. The molecule has 4 rings (SSSR count). The van der Waals surface area contributed by atoms with Crippen LogP contribution in [0.5, 0.6) is 0 Å². The fourth-order valence-corrected chi connectivity index (χ4v) is 4.09. The molecular formula is C10H14F2NO. The zero-order valence-corrected chi connectivity index (χ0v) is 8.22. The Balaban J connectivity index is 2.06. The van der Waals surface area contributed by atoms with Crippen molar-refractivity contribution in [3.05, 3.63) is 0 Å². The van der Waals surface area contributed by atoms with E-state index in [4.69, 9.17) is 0 Å². The number of hydrogen-bond acceptors (Lipinski definition) is 1. The maximum atomic E-state index is 14.1. The van der Waals surface area contributed by atoms with Gasteiger partial charge in [-0.3, -0.25) is 0 Å². The summed E-state index contributed by atoms with van der Waals surface area (Å²) in [4.78, 5) is 0. The first-order valence-electron chi connectivity index (χ1n) is 5.19. The van der Waals surface area contributed by atoms with E-state index in [2.05, 4.69) is 0 Å². The van der Waals surface area contributed by atoms with Gasteiger partial charge in [-0.1, -0.05) is 0 Å². The second-order valence-corrected chi connectivity index (χ2v) is 5.72. The maximum Gasteiger partial charge on any atom is 0.117 e. The highest BCUT2D eigenvalue weighted by molar-refractivity contribution is 5.17. The number of piperidine rings is 2. The molecule has 2 heterocycles. The summed E-state index contributed by atoms with van der Waals surface area (Å²) in [5.74, 6) is 0. The standard InChI is InChI=1S/C10H14F2NO/c1-8-4-9(11)2-7(13(8)14)3-10(12,5-8)6-9/h7H,2-6H2,1H3/t7?,8?,9-,10+. The van der Waals surface area contributed by atoms with E-state index in [0.29, 0.717) is 0 Å². The Bertz CT molecular complexity index is 278. The highest BCUT2D eigenvalue weighted by Gasteiger charge is 2.67. The number of nitrogens with zero attached hydrogens (tertiary/aromatic N) is 1. The van der Waals surface area contributed by atoms with Crippen molar-refractivity contribution in [3.8, 4) is 0 Å². The van der Waals surface area contributed by atoms with E-state index >= 15 is 0 Å². The Morgan fingerprint density at radius 3 is 2.07 bits per heavy atom. The van der Waals surface area contributed by atoms with Crippen LogP contribution in [-0.4, -0.2) is 28.0 Å². The van der Waals surface area contributed by atoms with Gasteiger partial charge in [0.1, 0.15) is 11.3 Å². The van der Waals surface area contributed by atoms with Gasteiger partial charge < -0.3 is 0 Å². The summed E-state index contributed by atoms with van der Waals surface area (Å²) in [6.45, 7) is 1.70. The summed E-state index contributed by atoms with van der Waals surface area (Å²) >= 11 is 0. The van der Waals surface area contributed by atoms with Crippen LogP contribution in [0.2, 0.25) is 0 Å².